The summed E-state index contributed by atoms with van der Waals surface area (Å²) in [5.41, 5.74) is 1.48. The number of ketones is 1. The number of carbonyl (C=O) groups excluding carboxylic acids is 1. The van der Waals surface area contributed by atoms with E-state index in [0.29, 0.717) is 25.7 Å². The number of hydrogen-bond acceptors (Lipinski definition) is 5. The summed E-state index contributed by atoms with van der Waals surface area (Å²) < 4.78 is 22.2. The first-order valence-electron chi connectivity index (χ1n) is 8.68. The first-order valence-corrected chi connectivity index (χ1v) is 10.2. The van der Waals surface area contributed by atoms with Crippen molar-refractivity contribution in [2.45, 2.75) is 31.7 Å². The lowest BCUT2D eigenvalue weighted by Crippen LogP contribution is -2.34. The second-order valence-electron chi connectivity index (χ2n) is 6.36. The molecule has 0 amide bonds. The Morgan fingerprint density at radius 1 is 0.931 bits per heavy atom. The largest absolute Gasteiger partial charge is 0.374 e. The van der Waals surface area contributed by atoms with Crippen molar-refractivity contribution < 1.29 is 23.7 Å². The summed E-state index contributed by atoms with van der Waals surface area (Å²) >= 11 is 24.1. The SMILES string of the molecule is CO[C@@H]1O[C@H](COCc2ccc(Cl)cc2Cl)[C@@H](OCc2ccc(Cl)cc2Cl)C1=O. The topological polar surface area (TPSA) is 54.0 Å². The van der Waals surface area contributed by atoms with Crippen LogP contribution in [0.5, 0.6) is 0 Å². The third-order valence-corrected chi connectivity index (χ3v) is 5.53. The Hall–Kier alpha value is -0.890. The number of halogens is 4. The zero-order valence-corrected chi connectivity index (χ0v) is 18.4. The van der Waals surface area contributed by atoms with Gasteiger partial charge in [-0.15, -0.1) is 0 Å². The fourth-order valence-corrected chi connectivity index (χ4v) is 3.77. The van der Waals surface area contributed by atoms with Crippen LogP contribution in [0.25, 0.3) is 0 Å². The Morgan fingerprint density at radius 2 is 1.52 bits per heavy atom. The lowest BCUT2D eigenvalue weighted by atomic mass is 10.1. The van der Waals surface area contributed by atoms with Gasteiger partial charge in [0.15, 0.2) is 0 Å². The molecule has 2 aromatic carbocycles. The molecule has 1 aliphatic rings. The zero-order chi connectivity index (χ0) is 21.0. The minimum Gasteiger partial charge on any atom is -0.374 e. The average molecular weight is 480 g/mol. The Kier molecular flexibility index (Phi) is 8.19. The fraction of sp³-hybridized carbons (Fsp3) is 0.350. The van der Waals surface area contributed by atoms with Crippen molar-refractivity contribution in [3.8, 4) is 0 Å². The number of rotatable bonds is 8. The van der Waals surface area contributed by atoms with E-state index in [1.165, 1.54) is 7.11 Å². The molecule has 0 saturated carbocycles. The van der Waals surface area contributed by atoms with E-state index in [0.717, 1.165) is 5.56 Å². The number of Topliss-reactive ketones (excluding diaryl/α,β-unsaturated/α-hetero) is 1. The fourth-order valence-electron chi connectivity index (χ4n) is 2.84. The van der Waals surface area contributed by atoms with E-state index in [-0.39, 0.29) is 25.6 Å². The first-order chi connectivity index (χ1) is 13.9. The normalized spacial score (nSPS) is 21.7. The van der Waals surface area contributed by atoms with Gasteiger partial charge in [-0.25, -0.2) is 0 Å². The lowest BCUT2D eigenvalue weighted by Gasteiger charge is -2.18. The third kappa shape index (κ3) is 5.84. The molecule has 9 heteroatoms. The Morgan fingerprint density at radius 3 is 2.07 bits per heavy atom. The number of hydrogen-bond donors (Lipinski definition) is 0. The maximum atomic E-state index is 12.5. The summed E-state index contributed by atoms with van der Waals surface area (Å²) in [4.78, 5) is 12.5. The second-order valence-corrected chi connectivity index (χ2v) is 8.05. The van der Waals surface area contributed by atoms with E-state index in [9.17, 15) is 4.79 Å². The predicted molar refractivity (Wildman–Crippen MR) is 112 cm³/mol. The highest BCUT2D eigenvalue weighted by atomic mass is 35.5. The van der Waals surface area contributed by atoms with Crippen LogP contribution in [-0.2, 0) is 37.0 Å². The van der Waals surface area contributed by atoms with E-state index in [4.69, 9.17) is 65.4 Å². The summed E-state index contributed by atoms with van der Waals surface area (Å²) in [5.74, 6) is -0.310. The Labute approximate surface area is 188 Å². The molecule has 1 aliphatic heterocycles. The van der Waals surface area contributed by atoms with E-state index in [1.54, 1.807) is 36.4 Å². The molecule has 0 aliphatic carbocycles. The highest BCUT2D eigenvalue weighted by Crippen LogP contribution is 2.27. The number of benzene rings is 2. The van der Waals surface area contributed by atoms with Gasteiger partial charge in [0.05, 0.1) is 19.8 Å². The standard InChI is InChI=1S/C20H18Cl4O5/c1-26-20-18(25)19(28-9-12-3-5-14(22)7-16(12)24)17(29-20)10-27-8-11-2-4-13(21)6-15(11)23/h2-7,17,19-20H,8-10H2,1H3/t17-,19-,20-/m1/s1. The van der Waals surface area contributed by atoms with Crippen LogP contribution in [0.15, 0.2) is 36.4 Å². The number of carbonyl (C=O) groups is 1. The predicted octanol–water partition coefficient (Wildman–Crippen LogP) is 5.34. The molecular formula is C20H18Cl4O5. The van der Waals surface area contributed by atoms with Crippen LogP contribution >= 0.6 is 46.4 Å². The van der Waals surface area contributed by atoms with Crippen molar-refractivity contribution in [2.24, 2.45) is 0 Å². The molecule has 1 saturated heterocycles. The summed E-state index contributed by atoms with van der Waals surface area (Å²) in [6.07, 6.45) is -2.50. The third-order valence-electron chi connectivity index (χ3n) is 4.35. The summed E-state index contributed by atoms with van der Waals surface area (Å²) in [6, 6.07) is 10.2. The van der Waals surface area contributed by atoms with Crippen molar-refractivity contribution >= 4 is 52.2 Å². The van der Waals surface area contributed by atoms with Gasteiger partial charge in [0.1, 0.15) is 12.2 Å². The lowest BCUT2D eigenvalue weighted by molar-refractivity contribution is -0.154. The van der Waals surface area contributed by atoms with Crippen molar-refractivity contribution in [1.29, 1.82) is 0 Å². The maximum absolute atomic E-state index is 12.5. The van der Waals surface area contributed by atoms with Gasteiger partial charge in [-0.1, -0.05) is 58.5 Å². The van der Waals surface area contributed by atoms with Gasteiger partial charge in [-0.05, 0) is 35.4 Å². The van der Waals surface area contributed by atoms with Crippen LogP contribution in [0, 0.1) is 0 Å². The molecule has 0 N–H and O–H groups in total. The molecule has 29 heavy (non-hydrogen) atoms. The average Bonchev–Trinajstić information content (AvgIpc) is 2.98. The smallest absolute Gasteiger partial charge is 0.220 e. The molecule has 156 valence electrons. The summed E-state index contributed by atoms with van der Waals surface area (Å²) in [5, 5.41) is 2.02. The van der Waals surface area contributed by atoms with Crippen molar-refractivity contribution in [3.05, 3.63) is 67.6 Å². The monoisotopic (exact) mass is 478 g/mol. The van der Waals surface area contributed by atoms with Gasteiger partial charge in [0, 0.05) is 27.2 Å². The molecule has 2 aromatic rings. The van der Waals surface area contributed by atoms with Crippen molar-refractivity contribution in [2.75, 3.05) is 13.7 Å². The molecule has 0 radical (unpaired) electrons. The summed E-state index contributed by atoms with van der Waals surface area (Å²) in [6.45, 7) is 0.465. The van der Waals surface area contributed by atoms with Crippen LogP contribution in [0.3, 0.4) is 0 Å². The van der Waals surface area contributed by atoms with Gasteiger partial charge in [-0.3, -0.25) is 4.79 Å². The minimum absolute atomic E-state index is 0.115. The minimum atomic E-state index is -1.01. The molecule has 1 fully saturated rings. The number of ether oxygens (including phenoxy) is 4. The maximum Gasteiger partial charge on any atom is 0.220 e. The van der Waals surface area contributed by atoms with Gasteiger partial charge < -0.3 is 18.9 Å². The Balaban J connectivity index is 1.61. The highest BCUT2D eigenvalue weighted by Gasteiger charge is 2.44. The van der Waals surface area contributed by atoms with E-state index in [1.807, 2.05) is 0 Å². The van der Waals surface area contributed by atoms with Crippen molar-refractivity contribution in [3.63, 3.8) is 0 Å². The van der Waals surface area contributed by atoms with Crippen molar-refractivity contribution in [1.82, 2.24) is 0 Å². The molecule has 0 aromatic heterocycles. The molecule has 1 heterocycles. The van der Waals surface area contributed by atoms with E-state index >= 15 is 0 Å². The van der Waals surface area contributed by atoms with Crippen LogP contribution in [0.2, 0.25) is 20.1 Å². The zero-order valence-electron chi connectivity index (χ0n) is 15.4. The molecule has 5 nitrogen and oxygen atoms in total. The van der Waals surface area contributed by atoms with Gasteiger partial charge in [0.2, 0.25) is 12.1 Å². The second kappa shape index (κ2) is 10.4. The quantitative estimate of drug-likeness (QED) is 0.511. The molecule has 0 spiro atoms. The Bertz CT molecular complexity index is 876. The molecular weight excluding hydrogens is 462 g/mol. The van der Waals surface area contributed by atoms with Gasteiger partial charge in [0.25, 0.3) is 0 Å². The van der Waals surface area contributed by atoms with Gasteiger partial charge in [-0.2, -0.15) is 0 Å². The molecule has 0 bridgehead atoms. The van der Waals surface area contributed by atoms with Gasteiger partial charge >= 0.3 is 0 Å². The molecule has 3 atom stereocenters. The van der Waals surface area contributed by atoms with Crippen LogP contribution < -0.4 is 0 Å². The first kappa shape index (κ1) is 22.8. The number of methoxy groups -OCH3 is 1. The molecule has 0 unspecified atom stereocenters. The highest BCUT2D eigenvalue weighted by molar-refractivity contribution is 6.35. The summed E-state index contributed by atoms with van der Waals surface area (Å²) in [7, 11) is 1.40. The van der Waals surface area contributed by atoms with E-state index in [2.05, 4.69) is 0 Å². The molecule has 3 rings (SSSR count). The van der Waals surface area contributed by atoms with Crippen LogP contribution in [0.4, 0.5) is 0 Å². The van der Waals surface area contributed by atoms with E-state index < -0.39 is 18.5 Å². The van der Waals surface area contributed by atoms with Crippen LogP contribution in [-0.4, -0.2) is 38.0 Å². The van der Waals surface area contributed by atoms with Crippen LogP contribution in [0.1, 0.15) is 11.1 Å².